The molecule has 0 aliphatic heterocycles. The Balaban J connectivity index is 2.25. The van der Waals surface area contributed by atoms with Crippen molar-refractivity contribution < 1.29 is 19.7 Å². The molecule has 1 aromatic carbocycles. The van der Waals surface area contributed by atoms with E-state index >= 15 is 0 Å². The van der Waals surface area contributed by atoms with Gasteiger partial charge >= 0.3 is 5.97 Å². The second-order valence-electron chi connectivity index (χ2n) is 3.93. The normalized spacial score (nSPS) is 10.3. The molecule has 1 rings (SSSR count). The zero-order valence-corrected chi connectivity index (χ0v) is 10.3. The van der Waals surface area contributed by atoms with Gasteiger partial charge in [0.05, 0.1) is 0 Å². The van der Waals surface area contributed by atoms with Crippen molar-refractivity contribution in [3.63, 3.8) is 0 Å². The number of ether oxygens (including phenoxy) is 1. The SMILES string of the molecule is O=C(O)COc1ccc(CNCCCCO)cc1. The molecule has 0 atom stereocenters. The minimum Gasteiger partial charge on any atom is -0.482 e. The Bertz CT molecular complexity index is 351. The lowest BCUT2D eigenvalue weighted by atomic mass is 10.2. The lowest BCUT2D eigenvalue weighted by Gasteiger charge is -2.06. The Morgan fingerprint density at radius 1 is 1.22 bits per heavy atom. The summed E-state index contributed by atoms with van der Waals surface area (Å²) in [5.41, 5.74) is 1.11. The summed E-state index contributed by atoms with van der Waals surface area (Å²) in [5.74, 6) is -0.425. The second-order valence-corrected chi connectivity index (χ2v) is 3.93. The van der Waals surface area contributed by atoms with Gasteiger partial charge in [-0.2, -0.15) is 0 Å². The molecule has 0 aromatic heterocycles. The van der Waals surface area contributed by atoms with Gasteiger partial charge < -0.3 is 20.3 Å². The maximum absolute atomic E-state index is 10.3. The van der Waals surface area contributed by atoms with Crippen LogP contribution >= 0.6 is 0 Å². The number of aliphatic hydroxyl groups excluding tert-OH is 1. The van der Waals surface area contributed by atoms with Crippen molar-refractivity contribution in [2.24, 2.45) is 0 Å². The molecule has 0 radical (unpaired) electrons. The number of benzene rings is 1. The molecule has 0 aliphatic rings. The van der Waals surface area contributed by atoms with Crippen LogP contribution in [0.1, 0.15) is 18.4 Å². The van der Waals surface area contributed by atoms with E-state index in [1.165, 1.54) is 0 Å². The molecule has 0 saturated carbocycles. The molecule has 0 amide bonds. The van der Waals surface area contributed by atoms with E-state index < -0.39 is 5.97 Å². The number of carboxylic acid groups (broad SMARTS) is 1. The van der Waals surface area contributed by atoms with E-state index in [4.69, 9.17) is 14.9 Å². The Kier molecular flexibility index (Phi) is 6.83. The molecule has 0 aliphatic carbocycles. The Morgan fingerprint density at radius 2 is 1.94 bits per heavy atom. The van der Waals surface area contributed by atoms with E-state index in [9.17, 15) is 4.79 Å². The summed E-state index contributed by atoms with van der Waals surface area (Å²) in [6.45, 7) is 1.54. The van der Waals surface area contributed by atoms with Gasteiger partial charge in [-0.05, 0) is 37.1 Å². The Morgan fingerprint density at radius 3 is 2.56 bits per heavy atom. The van der Waals surface area contributed by atoms with Crippen LogP contribution in [0.25, 0.3) is 0 Å². The average molecular weight is 253 g/mol. The van der Waals surface area contributed by atoms with E-state index in [2.05, 4.69) is 5.32 Å². The summed E-state index contributed by atoms with van der Waals surface area (Å²) in [6, 6.07) is 7.31. The zero-order valence-electron chi connectivity index (χ0n) is 10.3. The van der Waals surface area contributed by atoms with Crippen LogP contribution in [0.2, 0.25) is 0 Å². The first-order valence-electron chi connectivity index (χ1n) is 5.97. The van der Waals surface area contributed by atoms with Gasteiger partial charge in [0, 0.05) is 13.2 Å². The molecular weight excluding hydrogens is 234 g/mol. The van der Waals surface area contributed by atoms with Crippen molar-refractivity contribution in [1.82, 2.24) is 5.32 Å². The third-order valence-corrected chi connectivity index (χ3v) is 2.38. The number of aliphatic carboxylic acids is 1. The van der Waals surface area contributed by atoms with E-state index in [1.54, 1.807) is 12.1 Å². The first kappa shape index (κ1) is 14.5. The fraction of sp³-hybridized carbons (Fsp3) is 0.462. The molecule has 0 bridgehead atoms. The van der Waals surface area contributed by atoms with Gasteiger partial charge in [0.25, 0.3) is 0 Å². The van der Waals surface area contributed by atoms with Crippen LogP contribution in [0.5, 0.6) is 5.75 Å². The number of carbonyl (C=O) groups is 1. The number of hydrogen-bond donors (Lipinski definition) is 3. The predicted octanol–water partition coefficient (Wildman–Crippen LogP) is 1.01. The van der Waals surface area contributed by atoms with Crippen LogP contribution in [0, 0.1) is 0 Å². The number of carboxylic acids is 1. The molecule has 0 spiro atoms. The highest BCUT2D eigenvalue weighted by atomic mass is 16.5. The summed E-state index contributed by atoms with van der Waals surface area (Å²) >= 11 is 0. The van der Waals surface area contributed by atoms with E-state index in [1.807, 2.05) is 12.1 Å². The summed E-state index contributed by atoms with van der Waals surface area (Å²) in [6.07, 6.45) is 1.77. The third kappa shape index (κ3) is 6.22. The third-order valence-electron chi connectivity index (χ3n) is 2.38. The highest BCUT2D eigenvalue weighted by Crippen LogP contribution is 2.11. The molecule has 18 heavy (non-hydrogen) atoms. The van der Waals surface area contributed by atoms with Gasteiger partial charge in [-0.15, -0.1) is 0 Å². The van der Waals surface area contributed by atoms with Gasteiger partial charge in [-0.1, -0.05) is 12.1 Å². The Hall–Kier alpha value is -1.59. The number of rotatable bonds is 9. The highest BCUT2D eigenvalue weighted by Gasteiger charge is 1.99. The topological polar surface area (TPSA) is 78.8 Å². The van der Waals surface area contributed by atoms with E-state index in [-0.39, 0.29) is 13.2 Å². The summed E-state index contributed by atoms with van der Waals surface area (Å²) in [4.78, 5) is 10.3. The standard InChI is InChI=1S/C13H19NO4/c15-8-2-1-7-14-9-11-3-5-12(6-4-11)18-10-13(16)17/h3-6,14-15H,1-2,7-10H2,(H,16,17). The molecule has 3 N–H and O–H groups in total. The van der Waals surface area contributed by atoms with Crippen molar-refractivity contribution in [3.05, 3.63) is 29.8 Å². The lowest BCUT2D eigenvalue weighted by molar-refractivity contribution is -0.139. The van der Waals surface area contributed by atoms with Crippen LogP contribution in [0.15, 0.2) is 24.3 Å². The molecule has 0 heterocycles. The molecule has 0 unspecified atom stereocenters. The smallest absolute Gasteiger partial charge is 0.341 e. The molecule has 5 nitrogen and oxygen atoms in total. The quantitative estimate of drug-likeness (QED) is 0.572. The number of unbranched alkanes of at least 4 members (excludes halogenated alkanes) is 1. The minimum atomic E-state index is -0.982. The summed E-state index contributed by atoms with van der Waals surface area (Å²) in [5, 5.41) is 20.3. The first-order chi connectivity index (χ1) is 8.72. The Labute approximate surface area is 106 Å². The monoisotopic (exact) mass is 253 g/mol. The van der Waals surface area contributed by atoms with Gasteiger partial charge in [-0.3, -0.25) is 0 Å². The molecule has 1 aromatic rings. The van der Waals surface area contributed by atoms with Crippen molar-refractivity contribution in [2.75, 3.05) is 19.8 Å². The van der Waals surface area contributed by atoms with Crippen molar-refractivity contribution in [2.45, 2.75) is 19.4 Å². The van der Waals surface area contributed by atoms with Crippen LogP contribution < -0.4 is 10.1 Å². The molecule has 0 saturated heterocycles. The second kappa shape index (κ2) is 8.49. The number of hydrogen-bond acceptors (Lipinski definition) is 4. The van der Waals surface area contributed by atoms with Crippen LogP contribution in [-0.2, 0) is 11.3 Å². The zero-order chi connectivity index (χ0) is 13.2. The van der Waals surface area contributed by atoms with Crippen LogP contribution in [0.3, 0.4) is 0 Å². The van der Waals surface area contributed by atoms with Crippen molar-refractivity contribution in [3.8, 4) is 5.75 Å². The van der Waals surface area contributed by atoms with Gasteiger partial charge in [0.15, 0.2) is 6.61 Å². The van der Waals surface area contributed by atoms with Gasteiger partial charge in [-0.25, -0.2) is 4.79 Å². The van der Waals surface area contributed by atoms with E-state index in [0.717, 1.165) is 31.5 Å². The number of nitrogens with one attached hydrogen (secondary N) is 1. The molecule has 5 heteroatoms. The fourth-order valence-corrected chi connectivity index (χ4v) is 1.44. The van der Waals surface area contributed by atoms with Gasteiger partial charge in [0.2, 0.25) is 0 Å². The fourth-order valence-electron chi connectivity index (χ4n) is 1.44. The largest absolute Gasteiger partial charge is 0.482 e. The molecule has 100 valence electrons. The van der Waals surface area contributed by atoms with E-state index in [0.29, 0.717) is 5.75 Å². The number of aliphatic hydroxyl groups is 1. The summed E-state index contributed by atoms with van der Waals surface area (Å²) in [7, 11) is 0. The average Bonchev–Trinajstić information content (AvgIpc) is 2.37. The van der Waals surface area contributed by atoms with Gasteiger partial charge in [0.1, 0.15) is 5.75 Å². The van der Waals surface area contributed by atoms with Crippen LogP contribution in [0.4, 0.5) is 0 Å². The highest BCUT2D eigenvalue weighted by molar-refractivity contribution is 5.68. The predicted molar refractivity (Wildman–Crippen MR) is 67.6 cm³/mol. The minimum absolute atomic E-state index is 0.233. The maximum atomic E-state index is 10.3. The van der Waals surface area contributed by atoms with Crippen molar-refractivity contribution >= 4 is 5.97 Å². The summed E-state index contributed by atoms with van der Waals surface area (Å²) < 4.78 is 5.03. The molecular formula is C13H19NO4. The maximum Gasteiger partial charge on any atom is 0.341 e. The van der Waals surface area contributed by atoms with Crippen LogP contribution in [-0.4, -0.2) is 35.9 Å². The first-order valence-corrected chi connectivity index (χ1v) is 5.97. The molecule has 0 fully saturated rings. The van der Waals surface area contributed by atoms with Crippen molar-refractivity contribution in [1.29, 1.82) is 0 Å². The lowest BCUT2D eigenvalue weighted by Crippen LogP contribution is -2.15.